The lowest BCUT2D eigenvalue weighted by Crippen LogP contribution is -2.26. The van der Waals surface area contributed by atoms with Crippen molar-refractivity contribution in [1.82, 2.24) is 0 Å². The molecule has 2 aliphatic carbocycles. The molecule has 56 valence electrons. The topological polar surface area (TPSA) is 9.23 Å². The highest BCUT2D eigenvalue weighted by Crippen LogP contribution is 2.56. The summed E-state index contributed by atoms with van der Waals surface area (Å²) < 4.78 is 6.58. The molecule has 2 heteroatoms. The average molecular weight is 250 g/mol. The van der Waals surface area contributed by atoms with Crippen LogP contribution in [0.3, 0.4) is 0 Å². The molecule has 1 saturated heterocycles. The number of alkyl halides is 1. The van der Waals surface area contributed by atoms with Crippen LogP contribution in [0.25, 0.3) is 0 Å². The summed E-state index contributed by atoms with van der Waals surface area (Å²) in [5, 5.41) is 0. The van der Waals surface area contributed by atoms with E-state index in [1.54, 1.807) is 0 Å². The second kappa shape index (κ2) is 1.89. The van der Waals surface area contributed by atoms with E-state index in [1.807, 2.05) is 0 Å². The molecule has 1 heterocycles. The lowest BCUT2D eigenvalue weighted by molar-refractivity contribution is 0.109. The molecule has 3 rings (SSSR count). The minimum Gasteiger partial charge on any atom is -0.377 e. The standard InChI is InChI=1S/C8H11IO/c9-7-4-1-5-3-10-8(7)6(5)2-4/h4-8H,1-3H2/t4-,5-,6-,7+,8+/m0/s1. The third-order valence-corrected chi connectivity index (χ3v) is 5.20. The van der Waals surface area contributed by atoms with Crippen LogP contribution in [0.4, 0.5) is 0 Å². The number of ether oxygens (including phenoxy) is 1. The number of halogens is 1. The van der Waals surface area contributed by atoms with E-state index in [-0.39, 0.29) is 0 Å². The quantitative estimate of drug-likeness (QED) is 0.471. The van der Waals surface area contributed by atoms with Gasteiger partial charge in [-0.3, -0.25) is 0 Å². The van der Waals surface area contributed by atoms with Crippen molar-refractivity contribution in [3.05, 3.63) is 0 Å². The monoisotopic (exact) mass is 250 g/mol. The Morgan fingerprint density at radius 3 is 2.80 bits per heavy atom. The summed E-state index contributed by atoms with van der Waals surface area (Å²) >= 11 is 2.59. The molecule has 0 aromatic rings. The van der Waals surface area contributed by atoms with E-state index in [2.05, 4.69) is 22.6 Å². The fourth-order valence-electron chi connectivity index (χ4n) is 3.01. The zero-order valence-electron chi connectivity index (χ0n) is 5.79. The van der Waals surface area contributed by atoms with Crippen LogP contribution in [-0.2, 0) is 4.74 Å². The Balaban J connectivity index is 2.00. The molecule has 0 spiro atoms. The molecule has 0 aromatic heterocycles. The number of hydrogen-bond acceptors (Lipinski definition) is 1. The van der Waals surface area contributed by atoms with E-state index in [9.17, 15) is 0 Å². The van der Waals surface area contributed by atoms with E-state index in [0.29, 0.717) is 6.10 Å². The third-order valence-electron chi connectivity index (χ3n) is 3.47. The van der Waals surface area contributed by atoms with Gasteiger partial charge in [0.2, 0.25) is 0 Å². The molecule has 3 fully saturated rings. The Bertz CT molecular complexity index is 169. The van der Waals surface area contributed by atoms with Gasteiger partial charge in [-0.15, -0.1) is 0 Å². The van der Waals surface area contributed by atoms with Gasteiger partial charge in [0, 0.05) is 3.92 Å². The van der Waals surface area contributed by atoms with Gasteiger partial charge in [-0.2, -0.15) is 0 Å². The zero-order chi connectivity index (χ0) is 6.72. The van der Waals surface area contributed by atoms with Gasteiger partial charge in [0.15, 0.2) is 0 Å². The Kier molecular flexibility index (Phi) is 1.18. The number of fused-ring (bicyclic) bond motifs is 1. The van der Waals surface area contributed by atoms with Crippen molar-refractivity contribution >= 4 is 22.6 Å². The summed E-state index contributed by atoms with van der Waals surface area (Å²) in [5.74, 6) is 2.94. The first kappa shape index (κ1) is 6.23. The molecule has 1 nitrogen and oxygen atoms in total. The van der Waals surface area contributed by atoms with E-state index in [4.69, 9.17) is 4.74 Å². The van der Waals surface area contributed by atoms with E-state index >= 15 is 0 Å². The molecular formula is C8H11IO. The van der Waals surface area contributed by atoms with Gasteiger partial charge in [-0.1, -0.05) is 22.6 Å². The number of rotatable bonds is 0. The fraction of sp³-hybridized carbons (Fsp3) is 1.00. The van der Waals surface area contributed by atoms with Crippen LogP contribution in [0, 0.1) is 17.8 Å². The van der Waals surface area contributed by atoms with E-state index in [0.717, 1.165) is 28.3 Å². The largest absolute Gasteiger partial charge is 0.377 e. The molecule has 0 amide bonds. The highest BCUT2D eigenvalue weighted by Gasteiger charge is 2.56. The van der Waals surface area contributed by atoms with Crippen LogP contribution < -0.4 is 0 Å². The molecule has 10 heavy (non-hydrogen) atoms. The summed E-state index contributed by atoms with van der Waals surface area (Å²) in [4.78, 5) is 0. The fourth-order valence-corrected chi connectivity index (χ4v) is 4.34. The average Bonchev–Trinajstić information content (AvgIpc) is 2.43. The first-order chi connectivity index (χ1) is 4.86. The number of hydrogen-bond donors (Lipinski definition) is 0. The second-order valence-electron chi connectivity index (χ2n) is 3.90. The Morgan fingerprint density at radius 1 is 1.20 bits per heavy atom. The lowest BCUT2D eigenvalue weighted by Gasteiger charge is -2.20. The molecule has 0 N–H and O–H groups in total. The zero-order valence-corrected chi connectivity index (χ0v) is 7.95. The van der Waals surface area contributed by atoms with Gasteiger partial charge in [0.05, 0.1) is 12.7 Å². The summed E-state index contributed by atoms with van der Waals surface area (Å²) in [6.07, 6.45) is 3.60. The first-order valence-electron chi connectivity index (χ1n) is 4.12. The van der Waals surface area contributed by atoms with Crippen LogP contribution in [0.1, 0.15) is 12.8 Å². The van der Waals surface area contributed by atoms with Gasteiger partial charge < -0.3 is 4.74 Å². The Hall–Kier alpha value is 0.690. The van der Waals surface area contributed by atoms with Gasteiger partial charge in [0.1, 0.15) is 0 Å². The Morgan fingerprint density at radius 2 is 2.10 bits per heavy atom. The minimum atomic E-state index is 0.657. The molecule has 3 aliphatic rings. The first-order valence-corrected chi connectivity index (χ1v) is 5.36. The molecule has 0 unspecified atom stereocenters. The van der Waals surface area contributed by atoms with Crippen molar-refractivity contribution < 1.29 is 4.74 Å². The van der Waals surface area contributed by atoms with Crippen LogP contribution in [0.15, 0.2) is 0 Å². The van der Waals surface area contributed by atoms with Crippen molar-refractivity contribution in [1.29, 1.82) is 0 Å². The molecule has 5 atom stereocenters. The van der Waals surface area contributed by atoms with Crippen LogP contribution in [0.2, 0.25) is 0 Å². The highest BCUT2D eigenvalue weighted by molar-refractivity contribution is 14.1. The summed E-state index contributed by atoms with van der Waals surface area (Å²) in [5.41, 5.74) is 0. The summed E-state index contributed by atoms with van der Waals surface area (Å²) in [7, 11) is 0. The molecule has 2 saturated carbocycles. The van der Waals surface area contributed by atoms with Crippen molar-refractivity contribution in [2.75, 3.05) is 6.61 Å². The van der Waals surface area contributed by atoms with Crippen molar-refractivity contribution in [3.63, 3.8) is 0 Å². The SMILES string of the molecule is I[C@@H]1[C@H]2C[C@H]3CO[C@@H]1[C@H]3C2. The predicted octanol–water partition coefficient (Wildman–Crippen LogP) is 1.84. The smallest absolute Gasteiger partial charge is 0.0727 e. The van der Waals surface area contributed by atoms with Gasteiger partial charge in [0.25, 0.3) is 0 Å². The van der Waals surface area contributed by atoms with Gasteiger partial charge >= 0.3 is 0 Å². The molecule has 0 radical (unpaired) electrons. The molecule has 1 aliphatic heterocycles. The van der Waals surface area contributed by atoms with Crippen molar-refractivity contribution in [2.24, 2.45) is 17.8 Å². The maximum Gasteiger partial charge on any atom is 0.0727 e. The lowest BCUT2D eigenvalue weighted by atomic mass is 9.90. The third kappa shape index (κ3) is 0.583. The molecule has 0 aromatic carbocycles. The summed E-state index contributed by atoms with van der Waals surface area (Å²) in [6, 6.07) is 0. The maximum absolute atomic E-state index is 5.74. The molecule has 2 bridgehead atoms. The molecular weight excluding hydrogens is 239 g/mol. The predicted molar refractivity (Wildman–Crippen MR) is 47.3 cm³/mol. The van der Waals surface area contributed by atoms with Crippen LogP contribution >= 0.6 is 22.6 Å². The Labute approximate surface area is 74.7 Å². The summed E-state index contributed by atoms with van der Waals surface area (Å²) in [6.45, 7) is 1.07. The van der Waals surface area contributed by atoms with Crippen molar-refractivity contribution in [2.45, 2.75) is 22.9 Å². The maximum atomic E-state index is 5.74. The van der Waals surface area contributed by atoms with Crippen molar-refractivity contribution in [3.8, 4) is 0 Å². The van der Waals surface area contributed by atoms with Gasteiger partial charge in [-0.25, -0.2) is 0 Å². The van der Waals surface area contributed by atoms with E-state index < -0.39 is 0 Å². The highest BCUT2D eigenvalue weighted by atomic mass is 127. The normalized spacial score (nSPS) is 63.9. The van der Waals surface area contributed by atoms with E-state index in [1.165, 1.54) is 12.8 Å². The van der Waals surface area contributed by atoms with Gasteiger partial charge in [-0.05, 0) is 30.6 Å². The van der Waals surface area contributed by atoms with Crippen LogP contribution in [0.5, 0.6) is 0 Å². The minimum absolute atomic E-state index is 0.657. The second-order valence-corrected chi connectivity index (χ2v) is 5.34. The van der Waals surface area contributed by atoms with Crippen LogP contribution in [-0.4, -0.2) is 16.6 Å².